The molecule has 1 saturated carbocycles. The molecule has 0 spiro atoms. The lowest BCUT2D eigenvalue weighted by molar-refractivity contribution is 0.0949. The zero-order valence-electron chi connectivity index (χ0n) is 10.4. The molecule has 1 aliphatic rings. The van der Waals surface area contributed by atoms with E-state index in [1.165, 1.54) is 0 Å². The zero-order chi connectivity index (χ0) is 13.0. The number of hydrogen-bond donors (Lipinski definition) is 2. The summed E-state index contributed by atoms with van der Waals surface area (Å²) in [4.78, 5) is 11.8. The second-order valence-electron chi connectivity index (χ2n) is 4.65. The van der Waals surface area contributed by atoms with Crippen LogP contribution in [0.3, 0.4) is 0 Å². The standard InChI is InChI=1S/C15H17NO2/c1-11-10-14(11)16-15(18)13-7-5-12(6-8-13)4-2-3-9-17/h5-8,11,14,17H,3,9-10H2,1H3,(H,16,18). The van der Waals surface area contributed by atoms with Crippen molar-refractivity contribution in [3.05, 3.63) is 35.4 Å². The van der Waals surface area contributed by atoms with E-state index in [-0.39, 0.29) is 12.5 Å². The second-order valence-corrected chi connectivity index (χ2v) is 4.65. The van der Waals surface area contributed by atoms with Gasteiger partial charge in [-0.25, -0.2) is 0 Å². The van der Waals surface area contributed by atoms with Gasteiger partial charge in [0.1, 0.15) is 0 Å². The molecule has 2 N–H and O–H groups in total. The predicted molar refractivity (Wildman–Crippen MR) is 70.1 cm³/mol. The SMILES string of the molecule is CC1CC1NC(=O)c1ccc(C#CCCO)cc1. The number of carbonyl (C=O) groups excluding carboxylic acids is 1. The Kier molecular flexibility index (Phi) is 4.01. The van der Waals surface area contributed by atoms with Gasteiger partial charge in [0.25, 0.3) is 5.91 Å². The van der Waals surface area contributed by atoms with E-state index in [0.717, 1.165) is 12.0 Å². The van der Waals surface area contributed by atoms with Crippen molar-refractivity contribution in [1.29, 1.82) is 0 Å². The summed E-state index contributed by atoms with van der Waals surface area (Å²) in [7, 11) is 0. The van der Waals surface area contributed by atoms with Gasteiger partial charge in [-0.05, 0) is 36.6 Å². The molecule has 0 aliphatic heterocycles. The summed E-state index contributed by atoms with van der Waals surface area (Å²) in [5.41, 5.74) is 1.53. The predicted octanol–water partition coefficient (Wildman–Crippen LogP) is 1.56. The van der Waals surface area contributed by atoms with Gasteiger partial charge in [0, 0.05) is 23.6 Å². The Balaban J connectivity index is 1.95. The molecule has 0 saturated heterocycles. The molecule has 1 aromatic carbocycles. The van der Waals surface area contributed by atoms with Crippen molar-refractivity contribution >= 4 is 5.91 Å². The third-order valence-corrected chi connectivity index (χ3v) is 3.04. The van der Waals surface area contributed by atoms with Gasteiger partial charge < -0.3 is 10.4 Å². The van der Waals surface area contributed by atoms with Crippen LogP contribution in [0, 0.1) is 17.8 Å². The number of rotatable bonds is 3. The largest absolute Gasteiger partial charge is 0.395 e. The van der Waals surface area contributed by atoms with Crippen LogP contribution in [-0.2, 0) is 0 Å². The Morgan fingerprint density at radius 1 is 1.44 bits per heavy atom. The molecule has 0 radical (unpaired) electrons. The molecule has 94 valence electrons. The third-order valence-electron chi connectivity index (χ3n) is 3.04. The van der Waals surface area contributed by atoms with Crippen molar-refractivity contribution in [2.45, 2.75) is 25.8 Å². The molecule has 1 amide bonds. The molecule has 2 rings (SSSR count). The smallest absolute Gasteiger partial charge is 0.251 e. The van der Waals surface area contributed by atoms with E-state index >= 15 is 0 Å². The first-order chi connectivity index (χ1) is 8.70. The molecular weight excluding hydrogens is 226 g/mol. The maximum atomic E-state index is 11.8. The van der Waals surface area contributed by atoms with Crippen LogP contribution in [0.25, 0.3) is 0 Å². The summed E-state index contributed by atoms with van der Waals surface area (Å²) in [6, 6.07) is 7.57. The molecule has 1 aromatic rings. The number of carbonyl (C=O) groups is 1. The number of benzene rings is 1. The van der Waals surface area contributed by atoms with Crippen LogP contribution < -0.4 is 5.32 Å². The van der Waals surface area contributed by atoms with Crippen LogP contribution in [0.5, 0.6) is 0 Å². The molecule has 0 bridgehead atoms. The quantitative estimate of drug-likeness (QED) is 0.791. The number of amides is 1. The van der Waals surface area contributed by atoms with Crippen LogP contribution in [0.1, 0.15) is 35.7 Å². The van der Waals surface area contributed by atoms with Gasteiger partial charge in [-0.15, -0.1) is 0 Å². The van der Waals surface area contributed by atoms with Crippen molar-refractivity contribution in [2.24, 2.45) is 5.92 Å². The summed E-state index contributed by atoms with van der Waals surface area (Å²) in [6.45, 7) is 2.21. The maximum Gasteiger partial charge on any atom is 0.251 e. The lowest BCUT2D eigenvalue weighted by Gasteiger charge is -2.03. The Labute approximate surface area is 107 Å². The average Bonchev–Trinajstić information content (AvgIpc) is 3.06. The fraction of sp³-hybridized carbons (Fsp3) is 0.400. The highest BCUT2D eigenvalue weighted by Crippen LogP contribution is 2.29. The number of aliphatic hydroxyl groups excluding tert-OH is 1. The van der Waals surface area contributed by atoms with Gasteiger partial charge in [-0.3, -0.25) is 4.79 Å². The molecule has 2 unspecified atom stereocenters. The van der Waals surface area contributed by atoms with E-state index in [9.17, 15) is 4.79 Å². The summed E-state index contributed by atoms with van der Waals surface area (Å²) in [5.74, 6) is 6.37. The summed E-state index contributed by atoms with van der Waals surface area (Å²) in [6.07, 6.45) is 1.55. The zero-order valence-corrected chi connectivity index (χ0v) is 10.4. The second kappa shape index (κ2) is 5.70. The van der Waals surface area contributed by atoms with Gasteiger partial charge >= 0.3 is 0 Å². The Morgan fingerprint density at radius 3 is 2.67 bits per heavy atom. The fourth-order valence-corrected chi connectivity index (χ4v) is 1.70. The molecule has 0 aromatic heterocycles. The molecule has 3 nitrogen and oxygen atoms in total. The van der Waals surface area contributed by atoms with Crippen LogP contribution in [0.4, 0.5) is 0 Å². The summed E-state index contributed by atoms with van der Waals surface area (Å²) >= 11 is 0. The first-order valence-electron chi connectivity index (χ1n) is 6.21. The van der Waals surface area contributed by atoms with E-state index in [2.05, 4.69) is 24.1 Å². The van der Waals surface area contributed by atoms with Gasteiger partial charge in [-0.2, -0.15) is 0 Å². The molecule has 3 heteroatoms. The minimum absolute atomic E-state index is 0.0146. The lowest BCUT2D eigenvalue weighted by atomic mass is 10.1. The minimum Gasteiger partial charge on any atom is -0.395 e. The van der Waals surface area contributed by atoms with E-state index in [1.54, 1.807) is 12.1 Å². The van der Waals surface area contributed by atoms with Crippen molar-refractivity contribution in [2.75, 3.05) is 6.61 Å². The highest BCUT2D eigenvalue weighted by atomic mass is 16.2. The monoisotopic (exact) mass is 243 g/mol. The maximum absolute atomic E-state index is 11.8. The summed E-state index contributed by atoms with van der Waals surface area (Å²) < 4.78 is 0. The van der Waals surface area contributed by atoms with Gasteiger partial charge in [-0.1, -0.05) is 18.8 Å². The topological polar surface area (TPSA) is 49.3 Å². The van der Waals surface area contributed by atoms with Crippen molar-refractivity contribution < 1.29 is 9.90 Å². The summed E-state index contributed by atoms with van der Waals surface area (Å²) in [5, 5.41) is 11.6. The Morgan fingerprint density at radius 2 is 2.11 bits per heavy atom. The fourth-order valence-electron chi connectivity index (χ4n) is 1.70. The minimum atomic E-state index is -0.0146. The molecule has 0 heterocycles. The van der Waals surface area contributed by atoms with Crippen LogP contribution >= 0.6 is 0 Å². The number of hydrogen-bond acceptors (Lipinski definition) is 2. The van der Waals surface area contributed by atoms with E-state index < -0.39 is 0 Å². The van der Waals surface area contributed by atoms with E-state index in [0.29, 0.717) is 23.9 Å². The number of nitrogens with one attached hydrogen (secondary N) is 1. The first-order valence-corrected chi connectivity index (χ1v) is 6.21. The van der Waals surface area contributed by atoms with Crippen molar-refractivity contribution in [1.82, 2.24) is 5.32 Å². The van der Waals surface area contributed by atoms with Crippen LogP contribution in [-0.4, -0.2) is 23.7 Å². The number of aliphatic hydroxyl groups is 1. The molecule has 2 atom stereocenters. The van der Waals surface area contributed by atoms with E-state index in [4.69, 9.17) is 5.11 Å². The van der Waals surface area contributed by atoms with Gasteiger partial charge in [0.15, 0.2) is 0 Å². The highest BCUT2D eigenvalue weighted by molar-refractivity contribution is 5.94. The Bertz CT molecular complexity index is 481. The third kappa shape index (κ3) is 3.35. The first kappa shape index (κ1) is 12.7. The normalized spacial score (nSPS) is 20.8. The van der Waals surface area contributed by atoms with Gasteiger partial charge in [0.05, 0.1) is 6.61 Å². The van der Waals surface area contributed by atoms with Crippen LogP contribution in [0.2, 0.25) is 0 Å². The Hall–Kier alpha value is -1.79. The lowest BCUT2D eigenvalue weighted by Crippen LogP contribution is -2.26. The van der Waals surface area contributed by atoms with Crippen molar-refractivity contribution in [3.8, 4) is 11.8 Å². The van der Waals surface area contributed by atoms with Gasteiger partial charge in [0.2, 0.25) is 0 Å². The van der Waals surface area contributed by atoms with Crippen molar-refractivity contribution in [3.63, 3.8) is 0 Å². The average molecular weight is 243 g/mol. The molecule has 18 heavy (non-hydrogen) atoms. The molecule has 1 fully saturated rings. The molecular formula is C15H17NO2. The molecule has 1 aliphatic carbocycles. The van der Waals surface area contributed by atoms with E-state index in [1.807, 2.05) is 12.1 Å². The highest BCUT2D eigenvalue weighted by Gasteiger charge is 2.33. The van der Waals surface area contributed by atoms with Crippen LogP contribution in [0.15, 0.2) is 24.3 Å².